The van der Waals surface area contributed by atoms with Gasteiger partial charge in [-0.25, -0.2) is 0 Å². The van der Waals surface area contributed by atoms with E-state index in [1.807, 2.05) is 26.8 Å². The summed E-state index contributed by atoms with van der Waals surface area (Å²) in [6, 6.07) is 8.80. The first kappa shape index (κ1) is 30.6. The van der Waals surface area contributed by atoms with Gasteiger partial charge in [-0.2, -0.15) is 0 Å². The van der Waals surface area contributed by atoms with Crippen LogP contribution >= 0.6 is 0 Å². The van der Waals surface area contributed by atoms with Crippen LogP contribution in [-0.2, 0) is 14.4 Å². The highest BCUT2D eigenvalue weighted by Gasteiger charge is 2.86. The summed E-state index contributed by atoms with van der Waals surface area (Å²) in [5.74, 6) is -1.94. The minimum absolute atomic E-state index is 0.0489. The highest BCUT2D eigenvalue weighted by molar-refractivity contribution is 6.42. The molecular formula is C38H48O4. The molecule has 1 spiro atoms. The maximum Gasteiger partial charge on any atom is 0.184 e. The molecular weight excluding hydrogens is 520 g/mol. The van der Waals surface area contributed by atoms with Gasteiger partial charge in [-0.1, -0.05) is 93.5 Å². The van der Waals surface area contributed by atoms with Gasteiger partial charge in [0.05, 0.1) is 10.8 Å². The van der Waals surface area contributed by atoms with Gasteiger partial charge in [0.1, 0.15) is 0 Å². The van der Waals surface area contributed by atoms with Gasteiger partial charge in [-0.05, 0) is 94.8 Å². The Hall–Kier alpha value is -2.88. The summed E-state index contributed by atoms with van der Waals surface area (Å²) < 4.78 is 0. The van der Waals surface area contributed by atoms with Gasteiger partial charge in [-0.3, -0.25) is 19.2 Å². The lowest BCUT2D eigenvalue weighted by atomic mass is 9.37. The monoisotopic (exact) mass is 568 g/mol. The smallest absolute Gasteiger partial charge is 0.184 e. The second-order valence-electron chi connectivity index (χ2n) is 15.4. The molecule has 0 amide bonds. The maximum absolute atomic E-state index is 15.4. The van der Waals surface area contributed by atoms with Crippen molar-refractivity contribution in [2.45, 2.75) is 93.9 Å². The lowest BCUT2D eigenvalue weighted by Crippen LogP contribution is -2.75. The van der Waals surface area contributed by atoms with E-state index >= 15 is 14.4 Å². The fraction of sp³-hybridized carbons (Fsp3) is 0.579. The van der Waals surface area contributed by atoms with Crippen molar-refractivity contribution in [2.24, 2.45) is 44.8 Å². The average Bonchev–Trinajstić information content (AvgIpc) is 3.07. The molecule has 0 unspecified atom stereocenters. The Morgan fingerprint density at radius 3 is 2.14 bits per heavy atom. The van der Waals surface area contributed by atoms with Crippen LogP contribution in [0.5, 0.6) is 0 Å². The van der Waals surface area contributed by atoms with Crippen LogP contribution in [-0.4, -0.2) is 23.1 Å². The zero-order chi connectivity index (χ0) is 31.0. The molecule has 0 aliphatic heterocycles. The van der Waals surface area contributed by atoms with Crippen molar-refractivity contribution < 1.29 is 19.2 Å². The number of Topliss-reactive ketones (excluding diaryl/α,β-unsaturated/α-hetero) is 4. The Balaban J connectivity index is 1.77. The Bertz CT molecular complexity index is 1430. The van der Waals surface area contributed by atoms with Crippen molar-refractivity contribution in [3.05, 3.63) is 71.3 Å². The van der Waals surface area contributed by atoms with E-state index in [2.05, 4.69) is 53.3 Å². The minimum atomic E-state index is -1.90. The third kappa shape index (κ3) is 3.72. The molecule has 4 bridgehead atoms. The number of ketones is 4. The molecule has 1 aromatic carbocycles. The van der Waals surface area contributed by atoms with Crippen molar-refractivity contribution in [1.29, 1.82) is 0 Å². The van der Waals surface area contributed by atoms with Crippen LogP contribution in [0.3, 0.4) is 0 Å². The van der Waals surface area contributed by atoms with Crippen LogP contribution in [0.2, 0.25) is 0 Å². The highest BCUT2D eigenvalue weighted by atomic mass is 16.2. The first-order chi connectivity index (χ1) is 19.5. The zero-order valence-electron chi connectivity index (χ0n) is 26.9. The van der Waals surface area contributed by atoms with Crippen LogP contribution in [0.4, 0.5) is 0 Å². The molecule has 6 atom stereocenters. The lowest BCUT2D eigenvalue weighted by Gasteiger charge is -2.60. The number of hydrogen-bond donors (Lipinski definition) is 0. The van der Waals surface area contributed by atoms with Crippen LogP contribution in [0.15, 0.2) is 65.8 Å². The van der Waals surface area contributed by atoms with Crippen LogP contribution in [0.25, 0.3) is 0 Å². The van der Waals surface area contributed by atoms with Gasteiger partial charge in [0, 0.05) is 5.56 Å². The van der Waals surface area contributed by atoms with Crippen molar-refractivity contribution >= 4 is 23.1 Å². The molecule has 0 heterocycles. The fourth-order valence-electron chi connectivity index (χ4n) is 9.88. The minimum Gasteiger partial charge on any atom is -0.297 e. The predicted molar refractivity (Wildman–Crippen MR) is 167 cm³/mol. The summed E-state index contributed by atoms with van der Waals surface area (Å²) in [7, 11) is 0. The van der Waals surface area contributed by atoms with Crippen molar-refractivity contribution in [1.82, 2.24) is 0 Å². The van der Waals surface area contributed by atoms with E-state index in [1.54, 1.807) is 24.3 Å². The van der Waals surface area contributed by atoms with Crippen molar-refractivity contribution in [2.75, 3.05) is 0 Å². The number of benzene rings is 1. The second-order valence-corrected chi connectivity index (χ2v) is 15.4. The van der Waals surface area contributed by atoms with Crippen molar-refractivity contribution in [3.8, 4) is 0 Å². The third-order valence-electron chi connectivity index (χ3n) is 12.2. The number of carbonyl (C=O) groups excluding carboxylic acids is 4. The lowest BCUT2D eigenvalue weighted by molar-refractivity contribution is -0.181. The van der Waals surface area contributed by atoms with E-state index in [0.717, 1.165) is 24.0 Å². The van der Waals surface area contributed by atoms with Gasteiger partial charge in [0.2, 0.25) is 0 Å². The fourth-order valence-corrected chi connectivity index (χ4v) is 9.88. The second kappa shape index (κ2) is 9.82. The SMILES string of the molecule is C=C(C)[C@@H]1C[C@@]23C(=O)[C@@]4(CC=C(C)CCC=C(C)C)C[C@@H](C[C@H]2C1(C)C)C(C)(C)[C@](C(=O)c1ccccc1)(C4=O)C3=O. The molecule has 5 saturated carbocycles. The Labute approximate surface area is 252 Å². The zero-order valence-corrected chi connectivity index (χ0v) is 26.9. The summed E-state index contributed by atoms with van der Waals surface area (Å²) in [6.45, 7) is 20.7. The Morgan fingerprint density at radius 2 is 1.55 bits per heavy atom. The molecule has 6 rings (SSSR count). The molecule has 0 saturated heterocycles. The molecule has 5 aliphatic carbocycles. The maximum atomic E-state index is 15.4. The highest BCUT2D eigenvalue weighted by Crippen LogP contribution is 2.77. The van der Waals surface area contributed by atoms with Gasteiger partial charge in [0.15, 0.2) is 28.5 Å². The first-order valence-corrected chi connectivity index (χ1v) is 15.7. The summed E-state index contributed by atoms with van der Waals surface area (Å²) in [5, 5.41) is 0. The third-order valence-corrected chi connectivity index (χ3v) is 12.2. The van der Waals surface area contributed by atoms with E-state index in [1.165, 1.54) is 5.57 Å². The van der Waals surface area contributed by atoms with Gasteiger partial charge in [-0.15, -0.1) is 0 Å². The Kier molecular flexibility index (Phi) is 7.15. The summed E-state index contributed by atoms with van der Waals surface area (Å²) >= 11 is 0. The molecule has 224 valence electrons. The number of rotatable bonds is 8. The summed E-state index contributed by atoms with van der Waals surface area (Å²) in [4.78, 5) is 60.6. The molecule has 0 aromatic heterocycles. The van der Waals surface area contributed by atoms with E-state index in [9.17, 15) is 4.79 Å². The van der Waals surface area contributed by atoms with Gasteiger partial charge >= 0.3 is 0 Å². The first-order valence-electron chi connectivity index (χ1n) is 15.7. The average molecular weight is 569 g/mol. The van der Waals surface area contributed by atoms with Gasteiger partial charge in [0.25, 0.3) is 0 Å². The van der Waals surface area contributed by atoms with Crippen LogP contribution in [0.1, 0.15) is 104 Å². The Morgan fingerprint density at radius 1 is 0.905 bits per heavy atom. The molecule has 4 nitrogen and oxygen atoms in total. The molecule has 42 heavy (non-hydrogen) atoms. The summed E-state index contributed by atoms with van der Waals surface area (Å²) in [5.41, 5.74) is -2.25. The number of allylic oxidation sites excluding steroid dienone is 5. The molecule has 0 N–H and O–H groups in total. The topological polar surface area (TPSA) is 68.3 Å². The molecule has 1 aromatic rings. The summed E-state index contributed by atoms with van der Waals surface area (Å²) in [6.07, 6.45) is 7.63. The van der Waals surface area contributed by atoms with Gasteiger partial charge < -0.3 is 0 Å². The largest absolute Gasteiger partial charge is 0.297 e. The van der Waals surface area contributed by atoms with E-state index in [0.29, 0.717) is 24.8 Å². The van der Waals surface area contributed by atoms with E-state index in [4.69, 9.17) is 0 Å². The van der Waals surface area contributed by atoms with Crippen molar-refractivity contribution in [3.63, 3.8) is 0 Å². The standard InChI is InChI=1S/C38H48O4/c1-23(2)14-13-15-25(5)18-19-36-21-27-20-29-34(6,7)28(24(3)4)22-37(29,31(36)40)33(42)38(32(36)41,35(27,8)9)30(39)26-16-11-10-12-17-26/h10-12,14,16-18,27-29H,3,13,15,19-22H2,1-2,4-9H3/t27-,28+,29+,36-,37+,38-/m1/s1. The molecule has 5 fully saturated rings. The van der Waals surface area contributed by atoms with Crippen LogP contribution < -0.4 is 0 Å². The van der Waals surface area contributed by atoms with E-state index in [-0.39, 0.29) is 35.4 Å². The number of carbonyl (C=O) groups is 4. The molecule has 4 heteroatoms. The van der Waals surface area contributed by atoms with E-state index < -0.39 is 39.0 Å². The molecule has 5 aliphatic rings. The molecule has 0 radical (unpaired) electrons. The normalized spacial score (nSPS) is 36.0. The number of hydrogen-bond acceptors (Lipinski definition) is 4. The van der Waals surface area contributed by atoms with Crippen LogP contribution in [0, 0.1) is 44.8 Å². The quantitative estimate of drug-likeness (QED) is 0.180. The predicted octanol–water partition coefficient (Wildman–Crippen LogP) is 8.32.